The number of hydrogen-bond donors (Lipinski definition) is 0. The Balaban J connectivity index is 2.00. The normalized spacial score (nSPS) is 20.4. The quantitative estimate of drug-likeness (QED) is 0.748. The second-order valence-corrected chi connectivity index (χ2v) is 9.12. The van der Waals surface area contributed by atoms with E-state index in [9.17, 15) is 17.6 Å². The third-order valence-electron chi connectivity index (χ3n) is 4.73. The fourth-order valence-electron chi connectivity index (χ4n) is 3.18. The van der Waals surface area contributed by atoms with Gasteiger partial charge in [0.25, 0.3) is 0 Å². The summed E-state index contributed by atoms with van der Waals surface area (Å²) in [5.41, 5.74) is -0.161. The standard InChI is InChI=1S/C20H22FNO4S/c1-14(23)15-7-6-8-16(11-15)27(24,25)22-12-19(26-13-20(22,2)3)17-9-4-5-10-18(17)21/h4-11,19H,12-13H2,1-3H3. The fraction of sp³-hybridized carbons (Fsp3) is 0.350. The van der Waals surface area contributed by atoms with E-state index in [1.165, 1.54) is 29.4 Å². The maximum atomic E-state index is 14.2. The van der Waals surface area contributed by atoms with Crippen molar-refractivity contribution in [3.8, 4) is 0 Å². The van der Waals surface area contributed by atoms with E-state index in [0.717, 1.165) is 0 Å². The van der Waals surface area contributed by atoms with Crippen LogP contribution in [0.5, 0.6) is 0 Å². The zero-order valence-electron chi connectivity index (χ0n) is 15.5. The Labute approximate surface area is 158 Å². The average molecular weight is 391 g/mol. The first-order chi connectivity index (χ1) is 12.6. The predicted octanol–water partition coefficient (Wildman–Crippen LogP) is 3.57. The summed E-state index contributed by atoms with van der Waals surface area (Å²) in [5, 5.41) is 0. The van der Waals surface area contributed by atoms with Crippen molar-refractivity contribution in [2.45, 2.75) is 37.3 Å². The highest BCUT2D eigenvalue weighted by molar-refractivity contribution is 7.89. The Morgan fingerprint density at radius 3 is 2.56 bits per heavy atom. The molecule has 1 aliphatic rings. The lowest BCUT2D eigenvalue weighted by molar-refractivity contribution is -0.0667. The highest BCUT2D eigenvalue weighted by atomic mass is 32.2. The number of Topliss-reactive ketones (excluding diaryl/α,β-unsaturated/α-hetero) is 1. The maximum absolute atomic E-state index is 14.2. The summed E-state index contributed by atoms with van der Waals surface area (Å²) in [5.74, 6) is -0.643. The number of ether oxygens (including phenoxy) is 1. The molecule has 1 heterocycles. The Morgan fingerprint density at radius 2 is 1.89 bits per heavy atom. The molecule has 1 aliphatic heterocycles. The molecular weight excluding hydrogens is 369 g/mol. The molecule has 7 heteroatoms. The number of nitrogens with zero attached hydrogens (tertiary/aromatic N) is 1. The lowest BCUT2D eigenvalue weighted by atomic mass is 10.0. The number of hydrogen-bond acceptors (Lipinski definition) is 4. The fourth-order valence-corrected chi connectivity index (χ4v) is 4.99. The summed E-state index contributed by atoms with van der Waals surface area (Å²) >= 11 is 0. The lowest BCUT2D eigenvalue weighted by Crippen LogP contribution is -2.56. The van der Waals surface area contributed by atoms with E-state index in [0.29, 0.717) is 11.1 Å². The minimum Gasteiger partial charge on any atom is -0.370 e. The summed E-state index contributed by atoms with van der Waals surface area (Å²) in [4.78, 5) is 11.7. The van der Waals surface area contributed by atoms with Gasteiger partial charge in [0.1, 0.15) is 5.82 Å². The molecule has 0 amide bonds. The van der Waals surface area contributed by atoms with Crippen LogP contribution in [0, 0.1) is 5.82 Å². The zero-order valence-corrected chi connectivity index (χ0v) is 16.3. The Morgan fingerprint density at radius 1 is 1.19 bits per heavy atom. The number of halogens is 1. The molecular formula is C20H22FNO4S. The molecule has 5 nitrogen and oxygen atoms in total. The zero-order chi connectivity index (χ0) is 19.8. The van der Waals surface area contributed by atoms with Gasteiger partial charge in [-0.3, -0.25) is 4.79 Å². The molecule has 27 heavy (non-hydrogen) atoms. The summed E-state index contributed by atoms with van der Waals surface area (Å²) in [6, 6.07) is 12.2. The molecule has 144 valence electrons. The maximum Gasteiger partial charge on any atom is 0.243 e. The van der Waals surface area contributed by atoms with Crippen LogP contribution < -0.4 is 0 Å². The third-order valence-corrected chi connectivity index (χ3v) is 6.80. The number of rotatable bonds is 4. The van der Waals surface area contributed by atoms with Crippen molar-refractivity contribution in [1.82, 2.24) is 4.31 Å². The second kappa shape index (κ2) is 7.14. The first-order valence-electron chi connectivity index (χ1n) is 8.63. The van der Waals surface area contributed by atoms with Crippen molar-refractivity contribution in [1.29, 1.82) is 0 Å². The largest absolute Gasteiger partial charge is 0.370 e. The molecule has 2 aromatic rings. The van der Waals surface area contributed by atoms with Crippen LogP contribution in [0.25, 0.3) is 0 Å². The Kier molecular flexibility index (Phi) is 5.20. The lowest BCUT2D eigenvalue weighted by Gasteiger charge is -2.44. The van der Waals surface area contributed by atoms with Crippen molar-refractivity contribution in [3.63, 3.8) is 0 Å². The number of ketones is 1. The van der Waals surface area contributed by atoms with Crippen LogP contribution in [0.1, 0.15) is 42.8 Å². The predicted molar refractivity (Wildman–Crippen MR) is 99.5 cm³/mol. The van der Waals surface area contributed by atoms with E-state index in [1.807, 2.05) is 0 Å². The molecule has 1 unspecified atom stereocenters. The summed E-state index contributed by atoms with van der Waals surface area (Å²) in [7, 11) is -3.90. The SMILES string of the molecule is CC(=O)c1cccc(S(=O)(=O)N2CC(c3ccccc3F)OCC2(C)C)c1. The number of carbonyl (C=O) groups excluding carboxylic acids is 1. The molecule has 1 fully saturated rings. The molecule has 0 aliphatic carbocycles. The van der Waals surface area contributed by atoms with Crippen molar-refractivity contribution < 1.29 is 22.3 Å². The number of benzene rings is 2. The van der Waals surface area contributed by atoms with Crippen LogP contribution in [0.15, 0.2) is 53.4 Å². The van der Waals surface area contributed by atoms with Crippen LogP contribution in [0.2, 0.25) is 0 Å². The van der Waals surface area contributed by atoms with Gasteiger partial charge in [-0.2, -0.15) is 4.31 Å². The first-order valence-corrected chi connectivity index (χ1v) is 10.1. The molecule has 1 atom stereocenters. The summed E-state index contributed by atoms with van der Waals surface area (Å²) < 4.78 is 47.9. The van der Waals surface area contributed by atoms with Crippen LogP contribution in [0.4, 0.5) is 4.39 Å². The van der Waals surface area contributed by atoms with E-state index in [-0.39, 0.29) is 23.8 Å². The smallest absolute Gasteiger partial charge is 0.243 e. The van der Waals surface area contributed by atoms with Gasteiger partial charge >= 0.3 is 0 Å². The highest BCUT2D eigenvalue weighted by Crippen LogP contribution is 2.35. The Hall–Kier alpha value is -2.09. The van der Waals surface area contributed by atoms with E-state index in [4.69, 9.17) is 4.74 Å². The van der Waals surface area contributed by atoms with Crippen molar-refractivity contribution in [2.75, 3.05) is 13.2 Å². The topological polar surface area (TPSA) is 63.7 Å². The van der Waals surface area contributed by atoms with E-state index in [2.05, 4.69) is 0 Å². The second-order valence-electron chi connectivity index (χ2n) is 7.25. The van der Waals surface area contributed by atoms with Gasteiger partial charge in [0, 0.05) is 17.7 Å². The van der Waals surface area contributed by atoms with Crippen LogP contribution in [-0.4, -0.2) is 37.2 Å². The van der Waals surface area contributed by atoms with E-state index < -0.39 is 27.5 Å². The van der Waals surface area contributed by atoms with Gasteiger partial charge in [-0.15, -0.1) is 0 Å². The van der Waals surface area contributed by atoms with Gasteiger partial charge < -0.3 is 4.74 Å². The van der Waals surface area contributed by atoms with Crippen molar-refractivity contribution >= 4 is 15.8 Å². The molecule has 1 saturated heterocycles. The van der Waals surface area contributed by atoms with Gasteiger partial charge in [-0.1, -0.05) is 30.3 Å². The Bertz CT molecular complexity index is 971. The summed E-state index contributed by atoms with van der Waals surface area (Å²) in [6.07, 6.45) is -0.704. The van der Waals surface area contributed by atoms with Crippen LogP contribution in [0.3, 0.4) is 0 Å². The van der Waals surface area contributed by atoms with Crippen LogP contribution >= 0.6 is 0 Å². The molecule has 0 spiro atoms. The summed E-state index contributed by atoms with van der Waals surface area (Å²) in [6.45, 7) is 5.02. The molecule has 2 aromatic carbocycles. The van der Waals surface area contributed by atoms with Gasteiger partial charge in [-0.05, 0) is 39.0 Å². The molecule has 3 rings (SSSR count). The molecule has 0 saturated carbocycles. The highest BCUT2D eigenvalue weighted by Gasteiger charge is 2.43. The monoisotopic (exact) mass is 391 g/mol. The minimum atomic E-state index is -3.90. The van der Waals surface area contributed by atoms with Crippen LogP contribution in [-0.2, 0) is 14.8 Å². The van der Waals surface area contributed by atoms with Gasteiger partial charge in [-0.25, -0.2) is 12.8 Å². The van der Waals surface area contributed by atoms with Gasteiger partial charge in [0.05, 0.1) is 23.1 Å². The van der Waals surface area contributed by atoms with Crippen molar-refractivity contribution in [3.05, 3.63) is 65.5 Å². The van der Waals surface area contributed by atoms with E-state index >= 15 is 0 Å². The van der Waals surface area contributed by atoms with Crippen molar-refractivity contribution in [2.24, 2.45) is 0 Å². The van der Waals surface area contributed by atoms with E-state index in [1.54, 1.807) is 44.2 Å². The van der Waals surface area contributed by atoms with Gasteiger partial charge in [0.2, 0.25) is 10.0 Å². The molecule has 0 radical (unpaired) electrons. The first kappa shape index (κ1) is 19.7. The molecule has 0 aromatic heterocycles. The van der Waals surface area contributed by atoms with Gasteiger partial charge in [0.15, 0.2) is 5.78 Å². The molecule has 0 N–H and O–H groups in total. The number of carbonyl (C=O) groups is 1. The average Bonchev–Trinajstić information content (AvgIpc) is 2.62. The number of morpholine rings is 1. The number of sulfonamides is 1. The third kappa shape index (κ3) is 3.81. The minimum absolute atomic E-state index is 0.0133. The molecule has 0 bridgehead atoms.